The molecule has 0 unspecified atom stereocenters. The topological polar surface area (TPSA) is 72.2 Å². The quantitative estimate of drug-likeness (QED) is 0.515. The van der Waals surface area contributed by atoms with E-state index < -0.39 is 11.5 Å². The number of para-hydroxylation sites is 1. The van der Waals surface area contributed by atoms with Crippen LogP contribution in [0.5, 0.6) is 0 Å². The van der Waals surface area contributed by atoms with Gasteiger partial charge in [-0.05, 0) is 24.3 Å². The van der Waals surface area contributed by atoms with Crippen LogP contribution in [0.3, 0.4) is 0 Å². The lowest BCUT2D eigenvalue weighted by Crippen LogP contribution is -2.27. The van der Waals surface area contributed by atoms with Gasteiger partial charge in [0.25, 0.3) is 5.91 Å². The molecule has 0 aliphatic rings. The van der Waals surface area contributed by atoms with E-state index >= 15 is 0 Å². The second kappa shape index (κ2) is 7.34. The normalized spacial score (nSPS) is 10.9. The molecular weight excluding hydrogens is 384 g/mol. The smallest absolute Gasteiger partial charge is 0.349 e. The number of benzene rings is 2. The van der Waals surface area contributed by atoms with E-state index in [9.17, 15) is 9.59 Å². The molecule has 0 bridgehead atoms. The highest BCUT2D eigenvalue weighted by atomic mass is 35.5. The van der Waals surface area contributed by atoms with Crippen molar-refractivity contribution in [3.05, 3.63) is 86.0 Å². The summed E-state index contributed by atoms with van der Waals surface area (Å²) in [6.07, 6.45) is 0. The fourth-order valence-corrected chi connectivity index (χ4v) is 3.49. The molecule has 4 aromatic rings. The minimum atomic E-state index is -0.660. The highest BCUT2D eigenvalue weighted by Crippen LogP contribution is 2.23. The summed E-state index contributed by atoms with van der Waals surface area (Å²) in [5.41, 5.74) is 1.52. The second-order valence-corrected chi connectivity index (χ2v) is 7.18. The lowest BCUT2D eigenvalue weighted by molar-refractivity contribution is 0.0947. The predicted molar refractivity (Wildman–Crippen MR) is 106 cm³/mol. The molecule has 0 atom stereocenters. The molecule has 7 heteroatoms. The van der Waals surface area contributed by atoms with Crippen molar-refractivity contribution in [3.63, 3.8) is 0 Å². The fraction of sp³-hybridized carbons (Fsp3) is 0.0500. The van der Waals surface area contributed by atoms with Gasteiger partial charge in [0.1, 0.15) is 16.2 Å². The van der Waals surface area contributed by atoms with E-state index in [1.165, 1.54) is 17.4 Å². The molecule has 0 saturated heterocycles. The summed E-state index contributed by atoms with van der Waals surface area (Å²) in [6.45, 7) is 0.226. The zero-order valence-electron chi connectivity index (χ0n) is 13.9. The number of hydrogen-bond acceptors (Lipinski definition) is 5. The van der Waals surface area contributed by atoms with E-state index in [-0.39, 0.29) is 12.1 Å². The lowest BCUT2D eigenvalue weighted by atomic mass is 10.2. The first kappa shape index (κ1) is 17.5. The Morgan fingerprint density at radius 1 is 1.15 bits per heavy atom. The van der Waals surface area contributed by atoms with Crippen LogP contribution < -0.4 is 10.9 Å². The van der Waals surface area contributed by atoms with Crippen LogP contribution in [0.1, 0.15) is 15.4 Å². The number of fused-ring (bicyclic) bond motifs is 1. The molecule has 2 aromatic heterocycles. The minimum Gasteiger partial charge on any atom is -0.422 e. The number of hydrogen-bond donors (Lipinski definition) is 1. The Balaban J connectivity index is 1.49. The molecule has 2 aromatic carbocycles. The Bertz CT molecular complexity index is 1180. The predicted octanol–water partition coefficient (Wildman–Crippen LogP) is 4.50. The Labute approximate surface area is 163 Å². The van der Waals surface area contributed by atoms with Gasteiger partial charge < -0.3 is 9.73 Å². The van der Waals surface area contributed by atoms with Gasteiger partial charge in [0, 0.05) is 21.4 Å². The molecule has 2 heterocycles. The van der Waals surface area contributed by atoms with E-state index in [1.54, 1.807) is 30.3 Å². The van der Waals surface area contributed by atoms with Crippen LogP contribution in [0, 0.1) is 0 Å². The maximum absolute atomic E-state index is 12.4. The molecule has 1 N–H and O–H groups in total. The Hall–Kier alpha value is -2.96. The molecule has 27 heavy (non-hydrogen) atoms. The highest BCUT2D eigenvalue weighted by molar-refractivity contribution is 7.09. The largest absolute Gasteiger partial charge is 0.422 e. The molecule has 4 rings (SSSR count). The van der Waals surface area contributed by atoms with Crippen molar-refractivity contribution in [2.24, 2.45) is 0 Å². The summed E-state index contributed by atoms with van der Waals surface area (Å²) in [5, 5.41) is 6.73. The number of amides is 1. The van der Waals surface area contributed by atoms with Crippen molar-refractivity contribution in [2.45, 2.75) is 6.54 Å². The molecular formula is C20H13ClN2O3S. The standard InChI is InChI=1S/C20H13ClN2O3S/c21-14-7-5-12(6-8-14)16-11-27-18(23-16)10-22-19(24)15-9-13-3-1-2-4-17(13)26-20(15)25/h1-9,11H,10H2,(H,22,24). The first-order valence-electron chi connectivity index (χ1n) is 8.11. The first-order valence-corrected chi connectivity index (χ1v) is 9.37. The van der Waals surface area contributed by atoms with Gasteiger partial charge in [-0.3, -0.25) is 4.79 Å². The maximum atomic E-state index is 12.4. The highest BCUT2D eigenvalue weighted by Gasteiger charge is 2.14. The van der Waals surface area contributed by atoms with Crippen molar-refractivity contribution in [1.82, 2.24) is 10.3 Å². The van der Waals surface area contributed by atoms with Crippen LogP contribution in [-0.4, -0.2) is 10.9 Å². The number of nitrogens with one attached hydrogen (secondary N) is 1. The van der Waals surface area contributed by atoms with Gasteiger partial charge in [-0.25, -0.2) is 9.78 Å². The number of halogens is 1. The first-order chi connectivity index (χ1) is 13.1. The summed E-state index contributed by atoms with van der Waals surface area (Å²) < 4.78 is 5.20. The number of carbonyl (C=O) groups excluding carboxylic acids is 1. The van der Waals surface area contributed by atoms with E-state index in [4.69, 9.17) is 16.0 Å². The molecule has 134 valence electrons. The van der Waals surface area contributed by atoms with Crippen LogP contribution in [0.15, 0.2) is 69.2 Å². The van der Waals surface area contributed by atoms with Crippen molar-refractivity contribution >= 4 is 39.8 Å². The fourth-order valence-electron chi connectivity index (χ4n) is 2.62. The van der Waals surface area contributed by atoms with Gasteiger partial charge in [0.15, 0.2) is 0 Å². The van der Waals surface area contributed by atoms with Gasteiger partial charge in [0.05, 0.1) is 12.2 Å². The van der Waals surface area contributed by atoms with E-state index in [0.29, 0.717) is 16.0 Å². The van der Waals surface area contributed by atoms with Crippen molar-refractivity contribution < 1.29 is 9.21 Å². The molecule has 0 spiro atoms. The van der Waals surface area contributed by atoms with E-state index in [1.807, 2.05) is 23.6 Å². The minimum absolute atomic E-state index is 0.0248. The van der Waals surface area contributed by atoms with Gasteiger partial charge in [-0.1, -0.05) is 41.9 Å². The van der Waals surface area contributed by atoms with Crippen LogP contribution in [0.2, 0.25) is 5.02 Å². The zero-order chi connectivity index (χ0) is 18.8. The maximum Gasteiger partial charge on any atom is 0.349 e. The Morgan fingerprint density at radius 2 is 1.93 bits per heavy atom. The van der Waals surface area contributed by atoms with E-state index in [2.05, 4.69) is 10.3 Å². The SMILES string of the molecule is O=C(NCc1nc(-c2ccc(Cl)cc2)cs1)c1cc2ccccc2oc1=O. The third kappa shape index (κ3) is 3.77. The number of rotatable bonds is 4. The number of aromatic nitrogens is 1. The van der Waals surface area contributed by atoms with Gasteiger partial charge in [0.2, 0.25) is 0 Å². The average Bonchev–Trinajstić information content (AvgIpc) is 3.15. The third-order valence-electron chi connectivity index (χ3n) is 3.98. The van der Waals surface area contributed by atoms with Gasteiger partial charge >= 0.3 is 5.63 Å². The van der Waals surface area contributed by atoms with Crippen LogP contribution in [-0.2, 0) is 6.54 Å². The zero-order valence-corrected chi connectivity index (χ0v) is 15.5. The van der Waals surface area contributed by atoms with Crippen LogP contribution in [0.25, 0.3) is 22.2 Å². The number of nitrogens with zero attached hydrogens (tertiary/aromatic N) is 1. The summed E-state index contributed by atoms with van der Waals surface area (Å²) in [5.74, 6) is -0.488. The van der Waals surface area contributed by atoms with Crippen molar-refractivity contribution in [1.29, 1.82) is 0 Å². The van der Waals surface area contributed by atoms with Crippen molar-refractivity contribution in [2.75, 3.05) is 0 Å². The lowest BCUT2D eigenvalue weighted by Gasteiger charge is -2.03. The van der Waals surface area contributed by atoms with Crippen LogP contribution in [0.4, 0.5) is 0 Å². The second-order valence-electron chi connectivity index (χ2n) is 5.80. The summed E-state index contributed by atoms with van der Waals surface area (Å²) in [6, 6.07) is 16.0. The molecule has 0 saturated carbocycles. The van der Waals surface area contributed by atoms with Crippen molar-refractivity contribution in [3.8, 4) is 11.3 Å². The molecule has 5 nitrogen and oxygen atoms in total. The van der Waals surface area contributed by atoms with Gasteiger partial charge in [-0.2, -0.15) is 0 Å². The Kier molecular flexibility index (Phi) is 4.75. The third-order valence-corrected chi connectivity index (χ3v) is 5.08. The molecule has 1 amide bonds. The van der Waals surface area contributed by atoms with Gasteiger partial charge in [-0.15, -0.1) is 11.3 Å². The van der Waals surface area contributed by atoms with Crippen LogP contribution >= 0.6 is 22.9 Å². The van der Waals surface area contributed by atoms with E-state index in [0.717, 1.165) is 16.3 Å². The molecule has 0 aliphatic carbocycles. The number of thiazole rings is 1. The summed E-state index contributed by atoms with van der Waals surface area (Å²) >= 11 is 7.33. The molecule has 0 fully saturated rings. The molecule has 0 radical (unpaired) electrons. The number of carbonyl (C=O) groups is 1. The molecule has 0 aliphatic heterocycles. The summed E-state index contributed by atoms with van der Waals surface area (Å²) in [4.78, 5) is 28.9. The monoisotopic (exact) mass is 396 g/mol. The Morgan fingerprint density at radius 3 is 2.74 bits per heavy atom. The summed E-state index contributed by atoms with van der Waals surface area (Å²) in [7, 11) is 0. The average molecular weight is 397 g/mol.